The normalized spacial score (nSPS) is 9.87. The van der Waals surface area contributed by atoms with E-state index in [0.29, 0.717) is 5.56 Å². The van der Waals surface area contributed by atoms with Gasteiger partial charge in [-0.3, -0.25) is 0 Å². The molecule has 0 unspecified atom stereocenters. The first-order valence-corrected chi connectivity index (χ1v) is 5.70. The largest absolute Gasteiger partial charge is 0.245 e. The van der Waals surface area contributed by atoms with Crippen LogP contribution in [-0.2, 0) is 6.42 Å². The van der Waals surface area contributed by atoms with E-state index in [4.69, 9.17) is 5.26 Å². The van der Waals surface area contributed by atoms with Crippen molar-refractivity contribution < 1.29 is 0 Å². The highest BCUT2D eigenvalue weighted by Crippen LogP contribution is 2.22. The molecule has 0 saturated carbocycles. The van der Waals surface area contributed by atoms with Crippen molar-refractivity contribution in [1.29, 1.82) is 5.26 Å². The molecule has 1 heterocycles. The van der Waals surface area contributed by atoms with Crippen LogP contribution in [0, 0.1) is 11.3 Å². The van der Waals surface area contributed by atoms with Crippen molar-refractivity contribution in [2.45, 2.75) is 13.3 Å². The summed E-state index contributed by atoms with van der Waals surface area (Å²) in [5.41, 5.74) is 5.67. The van der Waals surface area contributed by atoms with Crippen LogP contribution in [0.4, 0.5) is 0 Å². The first-order chi connectivity index (χ1) is 7.33. The number of benzene rings is 1. The van der Waals surface area contributed by atoms with Gasteiger partial charge in [-0.1, -0.05) is 6.92 Å². The summed E-state index contributed by atoms with van der Waals surface area (Å²) in [6.07, 6.45) is 0.937. The third-order valence-corrected chi connectivity index (χ3v) is 2.84. The lowest BCUT2D eigenvalue weighted by atomic mass is 10.0. The molecule has 2 rings (SSSR count). The number of aryl methyl sites for hydroxylation is 1. The maximum atomic E-state index is 8.91. The number of hydrogen-bond donors (Lipinski definition) is 0. The van der Waals surface area contributed by atoms with E-state index in [9.17, 15) is 0 Å². The zero-order valence-electron chi connectivity index (χ0n) is 8.40. The Morgan fingerprint density at radius 3 is 2.87 bits per heavy atom. The summed E-state index contributed by atoms with van der Waals surface area (Å²) < 4.78 is 0. The van der Waals surface area contributed by atoms with Crippen molar-refractivity contribution in [3.05, 3.63) is 40.2 Å². The maximum absolute atomic E-state index is 8.91. The predicted octanol–water partition coefficient (Wildman–Crippen LogP) is 3.24. The van der Waals surface area contributed by atoms with E-state index in [1.807, 2.05) is 17.5 Å². The van der Waals surface area contributed by atoms with Crippen LogP contribution < -0.4 is 0 Å². The number of nitriles is 1. The van der Waals surface area contributed by atoms with Gasteiger partial charge in [0.25, 0.3) is 0 Å². The van der Waals surface area contributed by atoms with Crippen LogP contribution in [-0.4, -0.2) is 4.98 Å². The van der Waals surface area contributed by atoms with Gasteiger partial charge in [0.05, 0.1) is 22.8 Å². The van der Waals surface area contributed by atoms with Gasteiger partial charge in [-0.15, -0.1) is 11.3 Å². The highest BCUT2D eigenvalue weighted by atomic mass is 32.1. The fraction of sp³-hybridized carbons (Fsp3) is 0.167. The molecule has 74 valence electrons. The van der Waals surface area contributed by atoms with Crippen molar-refractivity contribution in [3.8, 4) is 17.3 Å². The van der Waals surface area contributed by atoms with Crippen LogP contribution in [0.1, 0.15) is 18.1 Å². The van der Waals surface area contributed by atoms with E-state index in [1.54, 1.807) is 16.8 Å². The molecule has 0 fully saturated rings. The third-order valence-electron chi connectivity index (χ3n) is 2.26. The second-order valence-electron chi connectivity index (χ2n) is 3.26. The lowest BCUT2D eigenvalue weighted by molar-refractivity contribution is 1.14. The fourth-order valence-electron chi connectivity index (χ4n) is 1.46. The monoisotopic (exact) mass is 214 g/mol. The highest BCUT2D eigenvalue weighted by molar-refractivity contribution is 7.07. The van der Waals surface area contributed by atoms with Gasteiger partial charge >= 0.3 is 0 Å². The van der Waals surface area contributed by atoms with Gasteiger partial charge in [-0.2, -0.15) is 5.26 Å². The van der Waals surface area contributed by atoms with Crippen molar-refractivity contribution in [2.24, 2.45) is 0 Å². The van der Waals surface area contributed by atoms with Crippen LogP contribution in [0.3, 0.4) is 0 Å². The Balaban J connectivity index is 2.53. The molecular weight excluding hydrogens is 204 g/mol. The van der Waals surface area contributed by atoms with E-state index in [2.05, 4.69) is 24.0 Å². The Morgan fingerprint density at radius 1 is 1.40 bits per heavy atom. The minimum Gasteiger partial charge on any atom is -0.245 e. The molecule has 1 aromatic heterocycles. The van der Waals surface area contributed by atoms with Gasteiger partial charge in [-0.25, -0.2) is 4.98 Å². The number of rotatable bonds is 2. The lowest BCUT2D eigenvalue weighted by Gasteiger charge is -2.02. The first-order valence-electron chi connectivity index (χ1n) is 4.76. The Labute approximate surface area is 92.8 Å². The van der Waals surface area contributed by atoms with Crippen LogP contribution in [0.5, 0.6) is 0 Å². The van der Waals surface area contributed by atoms with Crippen LogP contribution in [0.15, 0.2) is 29.1 Å². The Bertz CT molecular complexity index is 495. The summed E-state index contributed by atoms with van der Waals surface area (Å²) in [5, 5.41) is 10.9. The average Bonchev–Trinajstić information content (AvgIpc) is 2.81. The molecule has 0 spiro atoms. The van der Waals surface area contributed by atoms with Crippen molar-refractivity contribution in [1.82, 2.24) is 4.98 Å². The lowest BCUT2D eigenvalue weighted by Crippen LogP contribution is -1.86. The molecular formula is C12H10N2S. The molecule has 0 aliphatic heterocycles. The van der Waals surface area contributed by atoms with Gasteiger partial charge in [-0.05, 0) is 30.2 Å². The zero-order chi connectivity index (χ0) is 10.7. The summed E-state index contributed by atoms with van der Waals surface area (Å²) in [6.45, 7) is 2.08. The van der Waals surface area contributed by atoms with E-state index < -0.39 is 0 Å². The average molecular weight is 214 g/mol. The van der Waals surface area contributed by atoms with Crippen molar-refractivity contribution >= 4 is 11.3 Å². The van der Waals surface area contributed by atoms with Crippen LogP contribution in [0.2, 0.25) is 0 Å². The second-order valence-corrected chi connectivity index (χ2v) is 3.98. The second kappa shape index (κ2) is 4.24. The number of nitrogens with zero attached hydrogens (tertiary/aromatic N) is 2. The smallest absolute Gasteiger partial charge is 0.0991 e. The summed E-state index contributed by atoms with van der Waals surface area (Å²) in [7, 11) is 0. The fourth-order valence-corrected chi connectivity index (χ4v) is 2.02. The van der Waals surface area contributed by atoms with Gasteiger partial charge < -0.3 is 0 Å². The standard InChI is InChI=1S/C12H10N2S/c1-2-9-3-10(6-13)5-11(4-9)12-7-15-8-14-12/h3-5,7-8H,2H2,1H3. The van der Waals surface area contributed by atoms with E-state index in [-0.39, 0.29) is 0 Å². The van der Waals surface area contributed by atoms with Gasteiger partial charge in [0, 0.05) is 10.9 Å². The van der Waals surface area contributed by atoms with Crippen molar-refractivity contribution in [3.63, 3.8) is 0 Å². The van der Waals surface area contributed by atoms with Crippen molar-refractivity contribution in [2.75, 3.05) is 0 Å². The SMILES string of the molecule is CCc1cc(C#N)cc(-c2cscn2)c1. The number of aromatic nitrogens is 1. The number of hydrogen-bond acceptors (Lipinski definition) is 3. The maximum Gasteiger partial charge on any atom is 0.0991 e. The molecule has 1 aromatic carbocycles. The Hall–Kier alpha value is -1.66. The Morgan fingerprint density at radius 2 is 2.27 bits per heavy atom. The molecule has 0 saturated heterocycles. The molecule has 0 aliphatic carbocycles. The topological polar surface area (TPSA) is 36.7 Å². The molecule has 0 aliphatic rings. The molecule has 2 aromatic rings. The first kappa shape index (κ1) is 9.88. The summed E-state index contributed by atoms with van der Waals surface area (Å²) >= 11 is 1.57. The summed E-state index contributed by atoms with van der Waals surface area (Å²) in [6, 6.07) is 8.08. The molecule has 3 heteroatoms. The minimum atomic E-state index is 0.706. The van der Waals surface area contributed by atoms with Gasteiger partial charge in [0.2, 0.25) is 0 Å². The highest BCUT2D eigenvalue weighted by Gasteiger charge is 2.03. The predicted molar refractivity (Wildman–Crippen MR) is 61.6 cm³/mol. The number of thiazole rings is 1. The van der Waals surface area contributed by atoms with Crippen LogP contribution in [0.25, 0.3) is 11.3 Å². The molecule has 0 amide bonds. The third kappa shape index (κ3) is 2.05. The van der Waals surface area contributed by atoms with Gasteiger partial charge in [0.15, 0.2) is 0 Å². The van der Waals surface area contributed by atoms with E-state index in [1.165, 1.54) is 5.56 Å². The molecule has 0 atom stereocenters. The minimum absolute atomic E-state index is 0.706. The molecule has 0 bridgehead atoms. The summed E-state index contributed by atoms with van der Waals surface area (Å²) in [5.74, 6) is 0. The molecule has 15 heavy (non-hydrogen) atoms. The molecule has 0 N–H and O–H groups in total. The zero-order valence-corrected chi connectivity index (χ0v) is 9.21. The summed E-state index contributed by atoms with van der Waals surface area (Å²) in [4.78, 5) is 4.25. The van der Waals surface area contributed by atoms with E-state index >= 15 is 0 Å². The quantitative estimate of drug-likeness (QED) is 0.769. The van der Waals surface area contributed by atoms with E-state index in [0.717, 1.165) is 17.7 Å². The molecule has 2 nitrogen and oxygen atoms in total. The molecule has 0 radical (unpaired) electrons. The van der Waals surface area contributed by atoms with Crippen LogP contribution >= 0.6 is 11.3 Å². The Kier molecular flexibility index (Phi) is 2.79. The van der Waals surface area contributed by atoms with Gasteiger partial charge in [0.1, 0.15) is 0 Å².